The van der Waals surface area contributed by atoms with Crippen LogP contribution in [-0.2, 0) is 6.42 Å². The summed E-state index contributed by atoms with van der Waals surface area (Å²) in [7, 11) is 1.64. The van der Waals surface area contributed by atoms with E-state index in [1.165, 1.54) is 6.08 Å². The lowest BCUT2D eigenvalue weighted by molar-refractivity contribution is 0.00888. The van der Waals surface area contributed by atoms with Crippen molar-refractivity contribution >= 4 is 5.57 Å². The van der Waals surface area contributed by atoms with Gasteiger partial charge in [-0.2, -0.15) is 8.78 Å². The van der Waals surface area contributed by atoms with E-state index in [0.29, 0.717) is 12.8 Å². The van der Waals surface area contributed by atoms with Gasteiger partial charge in [0.15, 0.2) is 0 Å². The van der Waals surface area contributed by atoms with Gasteiger partial charge in [0.1, 0.15) is 5.75 Å². The molecule has 1 saturated carbocycles. The Bertz CT molecular complexity index is 765. The molecular formula is C21H24F2O2. The van der Waals surface area contributed by atoms with Crippen LogP contribution in [-0.4, -0.2) is 18.3 Å². The van der Waals surface area contributed by atoms with E-state index in [1.807, 2.05) is 18.2 Å². The fourth-order valence-electron chi connectivity index (χ4n) is 5.66. The average molecular weight is 346 g/mol. The van der Waals surface area contributed by atoms with E-state index in [-0.39, 0.29) is 11.3 Å². The van der Waals surface area contributed by atoms with E-state index in [0.717, 1.165) is 41.7 Å². The van der Waals surface area contributed by atoms with Gasteiger partial charge in [0.05, 0.1) is 13.2 Å². The maximum Gasteiger partial charge on any atom is 0.267 e. The summed E-state index contributed by atoms with van der Waals surface area (Å²) in [4.78, 5) is 0. The second kappa shape index (κ2) is 5.66. The molecule has 1 fully saturated rings. The molecule has 0 radical (unpaired) electrons. The van der Waals surface area contributed by atoms with Crippen LogP contribution in [0.1, 0.15) is 43.7 Å². The van der Waals surface area contributed by atoms with Crippen molar-refractivity contribution in [1.29, 1.82) is 0 Å². The molecule has 0 aliphatic heterocycles. The number of aryl methyl sites for hydroxylation is 1. The van der Waals surface area contributed by atoms with Gasteiger partial charge in [-0.05, 0) is 72.9 Å². The van der Waals surface area contributed by atoms with Crippen LogP contribution in [0.2, 0.25) is 0 Å². The van der Waals surface area contributed by atoms with Crippen molar-refractivity contribution in [3.63, 3.8) is 0 Å². The molecule has 0 bridgehead atoms. The van der Waals surface area contributed by atoms with E-state index in [9.17, 15) is 13.9 Å². The third kappa shape index (κ3) is 2.30. The number of rotatable bonds is 2. The molecule has 3 aliphatic rings. The van der Waals surface area contributed by atoms with Crippen molar-refractivity contribution < 1.29 is 18.6 Å². The topological polar surface area (TPSA) is 29.5 Å². The quantitative estimate of drug-likeness (QED) is 0.819. The highest BCUT2D eigenvalue weighted by Gasteiger charge is 2.58. The van der Waals surface area contributed by atoms with E-state index in [1.54, 1.807) is 7.11 Å². The second-order valence-corrected chi connectivity index (χ2v) is 7.97. The van der Waals surface area contributed by atoms with Crippen molar-refractivity contribution in [2.45, 2.75) is 45.1 Å². The van der Waals surface area contributed by atoms with Crippen LogP contribution in [0, 0.1) is 16.7 Å². The molecule has 0 aromatic heterocycles. The van der Waals surface area contributed by atoms with E-state index < -0.39 is 17.6 Å². The zero-order valence-corrected chi connectivity index (χ0v) is 14.7. The molecule has 0 heterocycles. The molecule has 1 aromatic carbocycles. The number of hydrogen-bond acceptors (Lipinski definition) is 2. The van der Waals surface area contributed by atoms with Crippen LogP contribution in [0.25, 0.3) is 5.57 Å². The summed E-state index contributed by atoms with van der Waals surface area (Å²) < 4.78 is 32.3. The number of benzene rings is 1. The van der Waals surface area contributed by atoms with Gasteiger partial charge in [0, 0.05) is 10.8 Å². The molecule has 3 aliphatic carbocycles. The number of ether oxygens (including phenoxy) is 1. The lowest BCUT2D eigenvalue weighted by Gasteiger charge is -2.52. The first-order valence-corrected chi connectivity index (χ1v) is 9.00. The van der Waals surface area contributed by atoms with Gasteiger partial charge in [0.2, 0.25) is 0 Å². The standard InChI is InChI=1S/C21H24F2O2/c1-20-9-8-16-15-4-3-14(25-2)11-13(15)7-10-21(16,12-19(22)23)17(20)5-6-18(20)24/h3-4,8,11-12,17-18,24H,5-7,9-10H2,1-2H3/t17?,18-,20-,21-/m0/s1. The summed E-state index contributed by atoms with van der Waals surface area (Å²) >= 11 is 0. The van der Waals surface area contributed by atoms with E-state index >= 15 is 0 Å². The number of methoxy groups -OCH3 is 1. The molecule has 0 spiro atoms. The summed E-state index contributed by atoms with van der Waals surface area (Å²) in [5.74, 6) is 0.850. The molecule has 2 nitrogen and oxygen atoms in total. The minimum Gasteiger partial charge on any atom is -0.497 e. The third-order valence-corrected chi connectivity index (χ3v) is 6.93. The highest BCUT2D eigenvalue weighted by atomic mass is 19.3. The Morgan fingerprint density at radius 3 is 2.84 bits per heavy atom. The first-order valence-electron chi connectivity index (χ1n) is 9.00. The van der Waals surface area contributed by atoms with Crippen molar-refractivity contribution in [2.24, 2.45) is 16.7 Å². The van der Waals surface area contributed by atoms with Gasteiger partial charge in [-0.25, -0.2) is 0 Å². The summed E-state index contributed by atoms with van der Waals surface area (Å²) in [6.45, 7) is 2.07. The normalized spacial score (nSPS) is 36.0. The van der Waals surface area contributed by atoms with Crippen LogP contribution in [0.15, 0.2) is 36.4 Å². The van der Waals surface area contributed by atoms with Gasteiger partial charge in [-0.3, -0.25) is 0 Å². The summed E-state index contributed by atoms with van der Waals surface area (Å²) in [6.07, 6.45) is 4.89. The number of fused-ring (bicyclic) bond motifs is 5. The van der Waals surface area contributed by atoms with Crippen LogP contribution in [0.5, 0.6) is 5.75 Å². The molecule has 1 N–H and O–H groups in total. The maximum atomic E-state index is 13.5. The van der Waals surface area contributed by atoms with Gasteiger partial charge < -0.3 is 9.84 Å². The number of halogens is 2. The molecule has 1 aromatic rings. The number of aliphatic hydroxyl groups is 1. The molecule has 25 heavy (non-hydrogen) atoms. The Hall–Kier alpha value is -1.68. The lowest BCUT2D eigenvalue weighted by atomic mass is 9.51. The molecule has 0 amide bonds. The van der Waals surface area contributed by atoms with Crippen LogP contribution in [0.3, 0.4) is 0 Å². The van der Waals surface area contributed by atoms with Gasteiger partial charge in [-0.15, -0.1) is 0 Å². The van der Waals surface area contributed by atoms with Crippen molar-refractivity contribution in [3.8, 4) is 5.75 Å². The molecule has 1 unspecified atom stereocenters. The molecule has 4 atom stereocenters. The van der Waals surface area contributed by atoms with Crippen LogP contribution in [0.4, 0.5) is 8.78 Å². The molecule has 4 heteroatoms. The molecular weight excluding hydrogens is 322 g/mol. The highest BCUT2D eigenvalue weighted by molar-refractivity contribution is 5.78. The molecule has 134 valence electrons. The van der Waals surface area contributed by atoms with Crippen LogP contribution >= 0.6 is 0 Å². The summed E-state index contributed by atoms with van der Waals surface area (Å²) in [6, 6.07) is 5.93. The molecule has 4 rings (SSSR count). The van der Waals surface area contributed by atoms with Gasteiger partial charge >= 0.3 is 0 Å². The smallest absolute Gasteiger partial charge is 0.267 e. The minimum atomic E-state index is -1.62. The van der Waals surface area contributed by atoms with Gasteiger partial charge in [-0.1, -0.05) is 19.1 Å². The first kappa shape index (κ1) is 16.8. The predicted molar refractivity (Wildman–Crippen MR) is 93.5 cm³/mol. The maximum absolute atomic E-state index is 13.5. The Morgan fingerprint density at radius 2 is 2.12 bits per heavy atom. The zero-order valence-electron chi connectivity index (χ0n) is 14.7. The van der Waals surface area contributed by atoms with Crippen molar-refractivity contribution in [2.75, 3.05) is 7.11 Å². The van der Waals surface area contributed by atoms with E-state index in [4.69, 9.17) is 4.74 Å². The van der Waals surface area contributed by atoms with Gasteiger partial charge in [0.25, 0.3) is 6.08 Å². The van der Waals surface area contributed by atoms with Crippen LogP contribution < -0.4 is 4.74 Å². The Morgan fingerprint density at radius 1 is 1.32 bits per heavy atom. The van der Waals surface area contributed by atoms with Crippen molar-refractivity contribution in [3.05, 3.63) is 47.6 Å². The SMILES string of the molecule is COc1ccc2c(c1)CC[C@]1(C=C(F)F)C2=CC[C@@]2(C)C1CC[C@@H]2O. The lowest BCUT2D eigenvalue weighted by Crippen LogP contribution is -2.46. The Labute approximate surface area is 147 Å². The first-order chi connectivity index (χ1) is 11.9. The summed E-state index contributed by atoms with van der Waals surface area (Å²) in [5, 5.41) is 10.5. The average Bonchev–Trinajstić information content (AvgIpc) is 2.89. The predicted octanol–water partition coefficient (Wildman–Crippen LogP) is 4.97. The Kier molecular flexibility index (Phi) is 3.80. The fourth-order valence-corrected chi connectivity index (χ4v) is 5.66. The summed E-state index contributed by atoms with van der Waals surface area (Å²) in [5.41, 5.74) is 2.24. The number of aliphatic hydroxyl groups excluding tert-OH is 1. The monoisotopic (exact) mass is 346 g/mol. The number of hydrogen-bond donors (Lipinski definition) is 1. The van der Waals surface area contributed by atoms with E-state index in [2.05, 4.69) is 13.0 Å². The molecule has 0 saturated heterocycles. The third-order valence-electron chi connectivity index (χ3n) is 6.93. The second-order valence-electron chi connectivity index (χ2n) is 7.97. The highest BCUT2D eigenvalue weighted by Crippen LogP contribution is 2.65. The fraction of sp³-hybridized carbons (Fsp3) is 0.524. The van der Waals surface area contributed by atoms with Crippen molar-refractivity contribution in [1.82, 2.24) is 0 Å². The Balaban J connectivity index is 1.91. The number of allylic oxidation sites excluding steroid dienone is 3. The zero-order chi connectivity index (χ0) is 17.8. The minimum absolute atomic E-state index is 0.0479. The largest absolute Gasteiger partial charge is 0.497 e.